The summed E-state index contributed by atoms with van der Waals surface area (Å²) in [6.07, 6.45) is 1.70. The maximum Gasteiger partial charge on any atom is 0.304 e. The molecule has 0 aliphatic carbocycles. The molecule has 1 N–H and O–H groups in total. The largest absolute Gasteiger partial charge is 0.481 e. The van der Waals surface area contributed by atoms with Gasteiger partial charge in [-0.1, -0.05) is 35.5 Å². The lowest BCUT2D eigenvalue weighted by Gasteiger charge is -2.22. The number of fused-ring (bicyclic) bond motifs is 1. The fourth-order valence-electron chi connectivity index (χ4n) is 2.94. The van der Waals surface area contributed by atoms with Gasteiger partial charge < -0.3 is 9.84 Å². The van der Waals surface area contributed by atoms with Gasteiger partial charge in [0.1, 0.15) is 6.10 Å². The molecule has 2 aliphatic heterocycles. The number of hydrogen-bond donors (Lipinski definition) is 1. The Bertz CT molecular complexity index is 830. The summed E-state index contributed by atoms with van der Waals surface area (Å²) in [6, 6.07) is 7.23. The van der Waals surface area contributed by atoms with Crippen LogP contribution in [-0.4, -0.2) is 43.5 Å². The highest BCUT2D eigenvalue weighted by molar-refractivity contribution is 8.00. The molecule has 130 valence electrons. The van der Waals surface area contributed by atoms with Crippen molar-refractivity contribution in [3.63, 3.8) is 0 Å². The first kappa shape index (κ1) is 16.6. The Balaban J connectivity index is 1.76. The van der Waals surface area contributed by atoms with Crippen molar-refractivity contribution in [3.05, 3.63) is 40.7 Å². The molecule has 0 radical (unpaired) electrons. The summed E-state index contributed by atoms with van der Waals surface area (Å²) < 4.78 is 7.38. The zero-order valence-electron chi connectivity index (χ0n) is 13.1. The van der Waals surface area contributed by atoms with Crippen LogP contribution in [0.1, 0.15) is 36.8 Å². The summed E-state index contributed by atoms with van der Waals surface area (Å²) in [5, 5.41) is 23.2. The first-order valence-electron chi connectivity index (χ1n) is 7.92. The van der Waals surface area contributed by atoms with Crippen LogP contribution in [-0.2, 0) is 9.53 Å². The second-order valence-corrected chi connectivity index (χ2v) is 7.46. The minimum absolute atomic E-state index is 0.0474. The van der Waals surface area contributed by atoms with Crippen LogP contribution in [0, 0.1) is 0 Å². The molecule has 25 heavy (non-hydrogen) atoms. The Morgan fingerprint density at radius 2 is 2.16 bits per heavy atom. The molecule has 0 saturated carbocycles. The van der Waals surface area contributed by atoms with Gasteiger partial charge in [-0.25, -0.2) is 0 Å². The second kappa shape index (κ2) is 6.78. The molecule has 3 heterocycles. The maximum atomic E-state index is 11.3. The number of thioether (sulfide) groups is 1. The molecule has 0 spiro atoms. The van der Waals surface area contributed by atoms with Gasteiger partial charge in [0.15, 0.2) is 5.82 Å². The summed E-state index contributed by atoms with van der Waals surface area (Å²) in [5.41, 5.74) is 1.51. The molecule has 1 saturated heterocycles. The van der Waals surface area contributed by atoms with Gasteiger partial charge in [-0.2, -0.15) is 9.78 Å². The van der Waals surface area contributed by atoms with Gasteiger partial charge in [0.25, 0.3) is 0 Å². The lowest BCUT2D eigenvalue weighted by Crippen LogP contribution is -2.27. The number of carboxylic acid groups (broad SMARTS) is 1. The number of nitrogens with zero attached hydrogens (tertiary/aromatic N) is 4. The summed E-state index contributed by atoms with van der Waals surface area (Å²) >= 11 is 7.33. The number of aliphatic carboxylic acids is 1. The van der Waals surface area contributed by atoms with E-state index in [2.05, 4.69) is 15.3 Å². The molecule has 9 heteroatoms. The topological polar surface area (TPSA) is 89.6 Å². The quantitative estimate of drug-likeness (QED) is 0.879. The van der Waals surface area contributed by atoms with E-state index in [1.807, 2.05) is 12.1 Å². The molecule has 1 aromatic heterocycles. The van der Waals surface area contributed by atoms with Gasteiger partial charge in [0, 0.05) is 11.6 Å². The van der Waals surface area contributed by atoms with Crippen molar-refractivity contribution >= 4 is 35.0 Å². The molecular weight excluding hydrogens is 364 g/mol. The lowest BCUT2D eigenvalue weighted by atomic mass is 10.1. The fraction of sp³-hybridized carbons (Fsp3) is 0.375. The van der Waals surface area contributed by atoms with Crippen LogP contribution in [0.3, 0.4) is 0 Å². The maximum absolute atomic E-state index is 11.3. The molecule has 2 atom stereocenters. The lowest BCUT2D eigenvalue weighted by molar-refractivity contribution is -0.136. The van der Waals surface area contributed by atoms with E-state index < -0.39 is 5.97 Å². The third-order valence-electron chi connectivity index (χ3n) is 4.11. The van der Waals surface area contributed by atoms with Gasteiger partial charge in [-0.05, 0) is 30.5 Å². The van der Waals surface area contributed by atoms with Crippen LogP contribution in [0.25, 0.3) is 0 Å². The Kier molecular flexibility index (Phi) is 4.49. The zero-order chi connectivity index (χ0) is 17.4. The van der Waals surface area contributed by atoms with Crippen LogP contribution >= 0.6 is 23.4 Å². The smallest absolute Gasteiger partial charge is 0.304 e. The summed E-state index contributed by atoms with van der Waals surface area (Å²) in [4.78, 5) is 11.3. The third kappa shape index (κ3) is 3.29. The third-order valence-corrected chi connectivity index (χ3v) is 5.51. The Morgan fingerprint density at radius 3 is 2.84 bits per heavy atom. The van der Waals surface area contributed by atoms with E-state index in [9.17, 15) is 9.90 Å². The van der Waals surface area contributed by atoms with E-state index in [1.165, 1.54) is 11.8 Å². The first-order valence-corrected chi connectivity index (χ1v) is 9.18. The van der Waals surface area contributed by atoms with E-state index in [-0.39, 0.29) is 17.8 Å². The van der Waals surface area contributed by atoms with Crippen molar-refractivity contribution in [2.45, 2.75) is 35.8 Å². The zero-order valence-corrected chi connectivity index (χ0v) is 14.7. The van der Waals surface area contributed by atoms with Crippen molar-refractivity contribution < 1.29 is 14.6 Å². The molecular formula is C16H15ClN4O3S. The van der Waals surface area contributed by atoms with Crippen LogP contribution in [0.15, 0.2) is 34.5 Å². The Labute approximate surface area is 153 Å². The van der Waals surface area contributed by atoms with Crippen LogP contribution in [0.5, 0.6) is 0 Å². The standard InChI is InChI=1S/C16H15ClN4O3S/c17-10-5-3-9(4-6-10)14-12(8-13(22)23)25-16-19-18-15(21(16)20-14)11-2-1-7-24-11/h3-6,11-12H,1-2,7-8H2,(H,22,23). The molecule has 2 aliphatic rings. The van der Waals surface area contributed by atoms with Gasteiger partial charge in [-0.3, -0.25) is 4.79 Å². The van der Waals surface area contributed by atoms with E-state index in [1.54, 1.807) is 16.8 Å². The van der Waals surface area contributed by atoms with Crippen LogP contribution in [0.2, 0.25) is 5.02 Å². The molecule has 2 aromatic rings. The van der Waals surface area contributed by atoms with Crippen molar-refractivity contribution in [2.24, 2.45) is 5.10 Å². The predicted octanol–water partition coefficient (Wildman–Crippen LogP) is 2.98. The average Bonchev–Trinajstić information content (AvgIpc) is 3.23. The van der Waals surface area contributed by atoms with E-state index >= 15 is 0 Å². The molecule has 2 unspecified atom stereocenters. The molecule has 0 bridgehead atoms. The SMILES string of the molecule is O=C(O)CC1Sc2nnc(C3CCCO3)n2N=C1c1ccc(Cl)cc1. The molecule has 4 rings (SSSR count). The number of halogens is 1. The number of hydrogen-bond acceptors (Lipinski definition) is 6. The van der Waals surface area contributed by atoms with Gasteiger partial charge in [0.2, 0.25) is 5.16 Å². The minimum Gasteiger partial charge on any atom is -0.481 e. The Hall–Kier alpha value is -1.90. The van der Waals surface area contributed by atoms with Crippen molar-refractivity contribution in [1.29, 1.82) is 0 Å². The van der Waals surface area contributed by atoms with Crippen molar-refractivity contribution in [3.8, 4) is 0 Å². The minimum atomic E-state index is -0.883. The van der Waals surface area contributed by atoms with Gasteiger partial charge in [-0.15, -0.1) is 10.2 Å². The number of benzene rings is 1. The summed E-state index contributed by atoms with van der Waals surface area (Å²) in [7, 11) is 0. The predicted molar refractivity (Wildman–Crippen MR) is 93.2 cm³/mol. The number of ether oxygens (including phenoxy) is 1. The first-order chi connectivity index (χ1) is 12.1. The normalized spacial score (nSPS) is 22.5. The van der Waals surface area contributed by atoms with E-state index in [0.717, 1.165) is 18.4 Å². The van der Waals surface area contributed by atoms with E-state index in [4.69, 9.17) is 16.3 Å². The van der Waals surface area contributed by atoms with Crippen molar-refractivity contribution in [1.82, 2.24) is 14.9 Å². The highest BCUT2D eigenvalue weighted by Crippen LogP contribution is 2.36. The molecule has 0 amide bonds. The van der Waals surface area contributed by atoms with E-state index in [0.29, 0.717) is 28.3 Å². The molecule has 1 aromatic carbocycles. The second-order valence-electron chi connectivity index (χ2n) is 5.85. The van der Waals surface area contributed by atoms with Crippen molar-refractivity contribution in [2.75, 3.05) is 6.61 Å². The molecule has 1 fully saturated rings. The highest BCUT2D eigenvalue weighted by Gasteiger charge is 2.33. The fourth-order valence-corrected chi connectivity index (χ4v) is 4.17. The van der Waals surface area contributed by atoms with Gasteiger partial charge >= 0.3 is 5.97 Å². The number of rotatable bonds is 4. The van der Waals surface area contributed by atoms with Crippen LogP contribution in [0.4, 0.5) is 0 Å². The summed E-state index contributed by atoms with van der Waals surface area (Å²) in [5.74, 6) is -0.216. The molecule has 7 nitrogen and oxygen atoms in total. The monoisotopic (exact) mass is 378 g/mol. The highest BCUT2D eigenvalue weighted by atomic mass is 35.5. The average molecular weight is 379 g/mol. The number of carboxylic acids is 1. The number of aromatic nitrogens is 3. The number of carbonyl (C=O) groups is 1. The summed E-state index contributed by atoms with van der Waals surface area (Å²) in [6.45, 7) is 0.704. The van der Waals surface area contributed by atoms with Gasteiger partial charge in [0.05, 0.1) is 17.4 Å². The van der Waals surface area contributed by atoms with Crippen LogP contribution < -0.4 is 0 Å². The Morgan fingerprint density at radius 1 is 1.36 bits per heavy atom.